The van der Waals surface area contributed by atoms with Gasteiger partial charge in [-0.05, 0) is 19.1 Å². The van der Waals surface area contributed by atoms with E-state index in [0.717, 1.165) is 0 Å². The molecule has 6 heteroatoms. The van der Waals surface area contributed by atoms with Gasteiger partial charge in [-0.2, -0.15) is 0 Å². The predicted molar refractivity (Wildman–Crippen MR) is 63.7 cm³/mol. The minimum atomic E-state index is -0.530. The third-order valence-electron chi connectivity index (χ3n) is 1.87. The maximum atomic E-state index is 11.5. The Labute approximate surface area is 103 Å². The van der Waals surface area contributed by atoms with Crippen LogP contribution in [0.2, 0.25) is 0 Å². The number of carbonyl (C=O) groups excluding carboxylic acids is 1. The Morgan fingerprint density at radius 3 is 2.60 bits per heavy atom. The summed E-state index contributed by atoms with van der Waals surface area (Å²) in [5.41, 5.74) is 0.477. The summed E-state index contributed by atoms with van der Waals surface area (Å²) in [5.74, 6) is -0.300. The number of nitrogens with zero attached hydrogens (tertiary/aromatic N) is 1. The van der Waals surface area contributed by atoms with Crippen LogP contribution in [0.4, 0.5) is 5.69 Å². The Bertz CT molecular complexity index is 432. The monoisotopic (exact) mass is 335 g/mol. The number of Topliss-reactive ketones (excluding diaryl/α,β-unsaturated/α-hetero) is 1. The van der Waals surface area contributed by atoms with Gasteiger partial charge in [-0.3, -0.25) is 14.9 Å². The van der Waals surface area contributed by atoms with Crippen LogP contribution >= 0.6 is 31.9 Å². The van der Waals surface area contributed by atoms with Crippen molar-refractivity contribution in [3.8, 4) is 0 Å². The molecule has 4 nitrogen and oxygen atoms in total. The molecule has 0 aliphatic rings. The van der Waals surface area contributed by atoms with E-state index in [1.807, 2.05) is 0 Å². The van der Waals surface area contributed by atoms with Crippen molar-refractivity contribution in [3.05, 3.63) is 37.8 Å². The number of nitro groups is 1. The number of halogens is 2. The summed E-state index contributed by atoms with van der Waals surface area (Å²) >= 11 is 6.20. The molecule has 0 fully saturated rings. The summed E-state index contributed by atoms with van der Waals surface area (Å²) in [5, 5.41) is 10.9. The highest BCUT2D eigenvalue weighted by Gasteiger charge is 2.22. The molecule has 0 spiro atoms. The average molecular weight is 337 g/mol. The van der Waals surface area contributed by atoms with Crippen LogP contribution in [0.15, 0.2) is 16.6 Å². The predicted octanol–water partition coefficient (Wildman–Crippen LogP) is 3.24. The maximum absolute atomic E-state index is 11.5. The van der Waals surface area contributed by atoms with Gasteiger partial charge in [0.05, 0.1) is 15.8 Å². The Balaban J connectivity index is 3.46. The molecule has 0 bridgehead atoms. The van der Waals surface area contributed by atoms with Crippen LogP contribution in [0.25, 0.3) is 0 Å². The molecule has 0 aliphatic carbocycles. The average Bonchev–Trinajstić information content (AvgIpc) is 2.14. The van der Waals surface area contributed by atoms with E-state index in [4.69, 9.17) is 0 Å². The maximum Gasteiger partial charge on any atom is 0.283 e. The zero-order valence-corrected chi connectivity index (χ0v) is 11.0. The minimum Gasteiger partial charge on any atom is -0.293 e. The first-order valence-corrected chi connectivity index (χ1v) is 5.92. The van der Waals surface area contributed by atoms with Crippen molar-refractivity contribution in [1.82, 2.24) is 0 Å². The molecule has 15 heavy (non-hydrogen) atoms. The van der Waals surface area contributed by atoms with Crippen LogP contribution in [0, 0.1) is 17.0 Å². The van der Waals surface area contributed by atoms with Gasteiger partial charge < -0.3 is 0 Å². The van der Waals surface area contributed by atoms with Gasteiger partial charge in [0.2, 0.25) is 0 Å². The zero-order chi connectivity index (χ0) is 11.6. The number of rotatable bonds is 3. The van der Waals surface area contributed by atoms with E-state index in [1.165, 1.54) is 6.07 Å². The standard InChI is InChI=1S/C9H7Br2NO3/c1-5-2-6(11)3-7(8(13)4-10)9(5)12(14)15/h2-3H,4H2,1H3. The van der Waals surface area contributed by atoms with E-state index >= 15 is 0 Å². The van der Waals surface area contributed by atoms with E-state index < -0.39 is 4.92 Å². The van der Waals surface area contributed by atoms with Crippen LogP contribution < -0.4 is 0 Å². The molecule has 0 saturated heterocycles. The first-order chi connectivity index (χ1) is 6.97. The fraction of sp³-hybridized carbons (Fsp3) is 0.222. The SMILES string of the molecule is Cc1cc(Br)cc(C(=O)CBr)c1[N+](=O)[O-]. The topological polar surface area (TPSA) is 60.2 Å². The van der Waals surface area contributed by atoms with Gasteiger partial charge in [0.15, 0.2) is 5.78 Å². The third-order valence-corrected chi connectivity index (χ3v) is 2.84. The Hall–Kier alpha value is -0.750. The second kappa shape index (κ2) is 4.85. The summed E-state index contributed by atoms with van der Waals surface area (Å²) in [4.78, 5) is 21.7. The molecule has 0 amide bonds. The van der Waals surface area contributed by atoms with Crippen molar-refractivity contribution < 1.29 is 9.72 Å². The zero-order valence-electron chi connectivity index (χ0n) is 7.79. The lowest BCUT2D eigenvalue weighted by Crippen LogP contribution is -2.06. The first kappa shape index (κ1) is 12.3. The molecule has 1 aromatic rings. The van der Waals surface area contributed by atoms with Crippen molar-refractivity contribution in [2.45, 2.75) is 6.92 Å². The van der Waals surface area contributed by atoms with Crippen molar-refractivity contribution >= 4 is 43.3 Å². The lowest BCUT2D eigenvalue weighted by Gasteiger charge is -2.04. The quantitative estimate of drug-likeness (QED) is 0.368. The first-order valence-electron chi connectivity index (χ1n) is 4.01. The normalized spacial score (nSPS) is 10.1. The summed E-state index contributed by atoms with van der Waals surface area (Å²) in [6, 6.07) is 3.08. The summed E-state index contributed by atoms with van der Waals surface area (Å²) < 4.78 is 0.662. The van der Waals surface area contributed by atoms with Gasteiger partial charge >= 0.3 is 0 Å². The third kappa shape index (κ3) is 2.63. The number of hydrogen-bond acceptors (Lipinski definition) is 3. The second-order valence-corrected chi connectivity index (χ2v) is 4.41. The van der Waals surface area contributed by atoms with E-state index in [9.17, 15) is 14.9 Å². The van der Waals surface area contributed by atoms with Crippen LogP contribution in [-0.2, 0) is 0 Å². The highest BCUT2D eigenvalue weighted by Crippen LogP contribution is 2.28. The van der Waals surface area contributed by atoms with Crippen molar-refractivity contribution in [2.75, 3.05) is 5.33 Å². The molecule has 0 N–H and O–H groups in total. The lowest BCUT2D eigenvalue weighted by molar-refractivity contribution is -0.385. The van der Waals surface area contributed by atoms with Crippen molar-refractivity contribution in [2.24, 2.45) is 0 Å². The number of aryl methyl sites for hydroxylation is 1. The number of carbonyl (C=O) groups is 1. The number of alkyl halides is 1. The van der Waals surface area contributed by atoms with E-state index in [0.29, 0.717) is 10.0 Å². The number of hydrogen-bond donors (Lipinski definition) is 0. The molecule has 0 aliphatic heterocycles. The molecular weight excluding hydrogens is 330 g/mol. The van der Waals surface area contributed by atoms with Crippen LogP contribution in [0.1, 0.15) is 15.9 Å². The smallest absolute Gasteiger partial charge is 0.283 e. The summed E-state index contributed by atoms with van der Waals surface area (Å²) in [7, 11) is 0. The molecule has 0 aromatic heterocycles. The largest absolute Gasteiger partial charge is 0.293 e. The van der Waals surface area contributed by atoms with Crippen LogP contribution in [-0.4, -0.2) is 16.0 Å². The number of benzene rings is 1. The van der Waals surface area contributed by atoms with Crippen molar-refractivity contribution in [1.29, 1.82) is 0 Å². The second-order valence-electron chi connectivity index (χ2n) is 2.93. The van der Waals surface area contributed by atoms with Crippen LogP contribution in [0.5, 0.6) is 0 Å². The van der Waals surface area contributed by atoms with Crippen molar-refractivity contribution in [3.63, 3.8) is 0 Å². The van der Waals surface area contributed by atoms with Gasteiger partial charge in [-0.15, -0.1) is 0 Å². The molecule has 1 aromatic carbocycles. The molecule has 0 heterocycles. The van der Waals surface area contributed by atoms with E-state index in [2.05, 4.69) is 31.9 Å². The minimum absolute atomic E-state index is 0.0731. The summed E-state index contributed by atoms with van der Waals surface area (Å²) in [6.45, 7) is 1.61. The Morgan fingerprint density at radius 2 is 2.13 bits per heavy atom. The molecule has 1 rings (SSSR count). The highest BCUT2D eigenvalue weighted by atomic mass is 79.9. The molecule has 0 atom stereocenters. The fourth-order valence-corrected chi connectivity index (χ4v) is 2.14. The number of nitro benzene ring substituents is 1. The van der Waals surface area contributed by atoms with Crippen LogP contribution in [0.3, 0.4) is 0 Å². The number of ketones is 1. The highest BCUT2D eigenvalue weighted by molar-refractivity contribution is 9.10. The van der Waals surface area contributed by atoms with Gasteiger partial charge in [0.25, 0.3) is 5.69 Å². The lowest BCUT2D eigenvalue weighted by atomic mass is 10.1. The van der Waals surface area contributed by atoms with Gasteiger partial charge in [-0.25, -0.2) is 0 Å². The summed E-state index contributed by atoms with van der Waals surface area (Å²) in [6.07, 6.45) is 0. The molecule has 0 radical (unpaired) electrons. The van der Waals surface area contributed by atoms with Gasteiger partial charge in [-0.1, -0.05) is 31.9 Å². The molecule has 0 saturated carbocycles. The Morgan fingerprint density at radius 1 is 1.53 bits per heavy atom. The molecule has 80 valence electrons. The Kier molecular flexibility index (Phi) is 3.98. The molecular formula is C9H7Br2NO3. The van der Waals surface area contributed by atoms with E-state index in [-0.39, 0.29) is 22.4 Å². The molecule has 0 unspecified atom stereocenters. The van der Waals surface area contributed by atoms with E-state index in [1.54, 1.807) is 13.0 Å². The fourth-order valence-electron chi connectivity index (χ4n) is 1.26. The van der Waals surface area contributed by atoms with Gasteiger partial charge in [0, 0.05) is 10.0 Å². The van der Waals surface area contributed by atoms with Gasteiger partial charge in [0.1, 0.15) is 0 Å².